The number of halogens is 6. The first-order valence-electron chi connectivity index (χ1n) is 6.55. The number of anilines is 1. The summed E-state index contributed by atoms with van der Waals surface area (Å²) < 4.78 is 76.0. The molecule has 1 aromatic rings. The number of hydrogen-bond acceptors (Lipinski definition) is 1. The maximum Gasteiger partial charge on any atom is 0.416 e. The van der Waals surface area contributed by atoms with Gasteiger partial charge in [0, 0.05) is 11.6 Å². The summed E-state index contributed by atoms with van der Waals surface area (Å²) in [6.07, 6.45) is -8.71. The highest BCUT2D eigenvalue weighted by Crippen LogP contribution is 2.37. The van der Waals surface area contributed by atoms with Crippen molar-refractivity contribution in [2.24, 2.45) is 5.92 Å². The lowest BCUT2D eigenvalue weighted by Crippen LogP contribution is -2.21. The van der Waals surface area contributed by atoms with E-state index >= 15 is 0 Å². The van der Waals surface area contributed by atoms with E-state index in [1.54, 1.807) is 6.92 Å². The van der Waals surface area contributed by atoms with E-state index in [0.717, 1.165) is 0 Å². The molecule has 0 aliphatic carbocycles. The Morgan fingerprint density at radius 3 is 1.86 bits per heavy atom. The molecular formula is C14H15F6NO. The third kappa shape index (κ3) is 4.92. The highest BCUT2D eigenvalue weighted by Gasteiger charge is 2.37. The van der Waals surface area contributed by atoms with Crippen LogP contribution in [0.25, 0.3) is 0 Å². The van der Waals surface area contributed by atoms with Gasteiger partial charge in [0.2, 0.25) is 5.91 Å². The van der Waals surface area contributed by atoms with Crippen molar-refractivity contribution in [3.05, 3.63) is 29.3 Å². The minimum absolute atomic E-state index is 0.0190. The topological polar surface area (TPSA) is 29.1 Å². The van der Waals surface area contributed by atoms with Crippen LogP contribution < -0.4 is 5.32 Å². The number of rotatable bonds is 4. The largest absolute Gasteiger partial charge is 0.416 e. The molecule has 124 valence electrons. The van der Waals surface area contributed by atoms with Gasteiger partial charge in [-0.25, -0.2) is 0 Å². The van der Waals surface area contributed by atoms with Gasteiger partial charge in [0.1, 0.15) is 0 Å². The lowest BCUT2D eigenvalue weighted by molar-refractivity contribution is -0.143. The maximum atomic E-state index is 12.7. The molecule has 0 aromatic heterocycles. The number of carbonyl (C=O) groups is 1. The fourth-order valence-electron chi connectivity index (χ4n) is 1.86. The van der Waals surface area contributed by atoms with E-state index in [1.165, 1.54) is 0 Å². The van der Waals surface area contributed by atoms with Gasteiger partial charge in [-0.1, -0.05) is 20.3 Å². The lowest BCUT2D eigenvalue weighted by atomic mass is 10.0. The summed E-state index contributed by atoms with van der Waals surface area (Å²) in [4.78, 5) is 11.8. The van der Waals surface area contributed by atoms with Crippen molar-refractivity contribution >= 4 is 11.6 Å². The number of alkyl halides is 6. The minimum atomic E-state index is -4.93. The highest BCUT2D eigenvalue weighted by atomic mass is 19.4. The van der Waals surface area contributed by atoms with E-state index in [2.05, 4.69) is 5.32 Å². The Morgan fingerprint density at radius 1 is 1.05 bits per heavy atom. The third-order valence-electron chi connectivity index (χ3n) is 3.02. The molecule has 1 N–H and O–H groups in total. The fourth-order valence-corrected chi connectivity index (χ4v) is 1.86. The predicted octanol–water partition coefficient (Wildman–Crippen LogP) is 5.10. The summed E-state index contributed by atoms with van der Waals surface area (Å²) in [5.74, 6) is -1.12. The fraction of sp³-hybridized carbons (Fsp3) is 0.500. The summed E-state index contributed by atoms with van der Waals surface area (Å²) in [5.41, 5.74) is -3.43. The standard InChI is InChI=1S/C14H15F6NO/c1-3-4-8(2)12(22)21-11-6-9(13(15,16)17)5-10(7-11)14(18,19)20/h5-8H,3-4H2,1-2H3,(H,21,22). The molecule has 1 aromatic carbocycles. The second kappa shape index (κ2) is 6.58. The zero-order chi connectivity index (χ0) is 17.1. The minimum Gasteiger partial charge on any atom is -0.326 e. The van der Waals surface area contributed by atoms with E-state index < -0.39 is 41.0 Å². The first-order valence-corrected chi connectivity index (χ1v) is 6.55. The summed E-state index contributed by atoms with van der Waals surface area (Å²) in [6, 6.07) is 1.00. The Morgan fingerprint density at radius 2 is 1.50 bits per heavy atom. The molecule has 0 fully saturated rings. The van der Waals surface area contributed by atoms with Crippen LogP contribution in [0, 0.1) is 5.92 Å². The number of amides is 1. The third-order valence-corrected chi connectivity index (χ3v) is 3.02. The molecule has 0 saturated heterocycles. The molecule has 0 aliphatic rings. The molecule has 0 radical (unpaired) electrons. The number of nitrogens with one attached hydrogen (secondary N) is 1. The van der Waals surface area contributed by atoms with Crippen LogP contribution >= 0.6 is 0 Å². The van der Waals surface area contributed by atoms with Crippen molar-refractivity contribution in [2.75, 3.05) is 5.32 Å². The molecule has 1 rings (SSSR count). The quantitative estimate of drug-likeness (QED) is 0.766. The van der Waals surface area contributed by atoms with E-state index in [9.17, 15) is 31.1 Å². The van der Waals surface area contributed by atoms with Crippen LogP contribution in [0.5, 0.6) is 0 Å². The molecule has 0 spiro atoms. The Balaban J connectivity index is 3.16. The highest BCUT2D eigenvalue weighted by molar-refractivity contribution is 5.92. The van der Waals surface area contributed by atoms with Crippen molar-refractivity contribution in [3.63, 3.8) is 0 Å². The zero-order valence-corrected chi connectivity index (χ0v) is 11.9. The zero-order valence-electron chi connectivity index (χ0n) is 11.9. The van der Waals surface area contributed by atoms with Crippen LogP contribution in [0.1, 0.15) is 37.8 Å². The summed E-state index contributed by atoms with van der Waals surface area (Å²) >= 11 is 0. The van der Waals surface area contributed by atoms with Crippen LogP contribution in [-0.4, -0.2) is 5.91 Å². The van der Waals surface area contributed by atoms with Crippen LogP contribution in [0.4, 0.5) is 32.0 Å². The Labute approximate surface area is 123 Å². The van der Waals surface area contributed by atoms with Gasteiger partial charge in [-0.05, 0) is 24.6 Å². The van der Waals surface area contributed by atoms with Crippen molar-refractivity contribution in [2.45, 2.75) is 39.0 Å². The Kier molecular flexibility index (Phi) is 5.48. The summed E-state index contributed by atoms with van der Waals surface area (Å²) in [7, 11) is 0. The Bertz CT molecular complexity index is 503. The van der Waals surface area contributed by atoms with E-state index in [0.29, 0.717) is 25.0 Å². The van der Waals surface area contributed by atoms with Gasteiger partial charge in [0.25, 0.3) is 0 Å². The maximum absolute atomic E-state index is 12.7. The first kappa shape index (κ1) is 18.3. The number of carbonyl (C=O) groups excluding carboxylic acids is 1. The summed E-state index contributed by atoms with van der Waals surface area (Å²) in [6.45, 7) is 3.37. The van der Waals surface area contributed by atoms with Crippen molar-refractivity contribution < 1.29 is 31.1 Å². The van der Waals surface area contributed by atoms with Crippen molar-refractivity contribution in [1.82, 2.24) is 0 Å². The average Bonchev–Trinajstić information content (AvgIpc) is 2.36. The predicted molar refractivity (Wildman–Crippen MR) is 69.1 cm³/mol. The molecule has 22 heavy (non-hydrogen) atoms. The van der Waals surface area contributed by atoms with E-state index in [1.807, 2.05) is 6.92 Å². The SMILES string of the molecule is CCCC(C)C(=O)Nc1cc(C(F)(F)F)cc(C(F)(F)F)c1. The molecule has 1 unspecified atom stereocenters. The molecule has 8 heteroatoms. The molecule has 1 atom stereocenters. The summed E-state index contributed by atoms with van der Waals surface area (Å²) in [5, 5.41) is 2.11. The molecular weight excluding hydrogens is 312 g/mol. The molecule has 0 aliphatic heterocycles. The van der Waals surface area contributed by atoms with Crippen LogP contribution in [0.2, 0.25) is 0 Å². The van der Waals surface area contributed by atoms with Gasteiger partial charge in [-0.2, -0.15) is 26.3 Å². The Hall–Kier alpha value is -1.73. The normalized spacial score (nSPS) is 13.8. The van der Waals surface area contributed by atoms with Crippen molar-refractivity contribution in [1.29, 1.82) is 0 Å². The number of hydrogen-bond donors (Lipinski definition) is 1. The monoisotopic (exact) mass is 327 g/mol. The number of benzene rings is 1. The average molecular weight is 327 g/mol. The van der Waals surface area contributed by atoms with Crippen LogP contribution in [0.3, 0.4) is 0 Å². The van der Waals surface area contributed by atoms with Crippen LogP contribution in [-0.2, 0) is 17.1 Å². The second-order valence-corrected chi connectivity index (χ2v) is 4.97. The van der Waals surface area contributed by atoms with Gasteiger partial charge < -0.3 is 5.32 Å². The smallest absolute Gasteiger partial charge is 0.326 e. The van der Waals surface area contributed by atoms with Gasteiger partial charge in [-0.15, -0.1) is 0 Å². The lowest BCUT2D eigenvalue weighted by Gasteiger charge is -2.16. The van der Waals surface area contributed by atoms with Gasteiger partial charge in [0.15, 0.2) is 0 Å². The first-order chi connectivity index (χ1) is 9.95. The second-order valence-electron chi connectivity index (χ2n) is 4.97. The van der Waals surface area contributed by atoms with E-state index in [4.69, 9.17) is 0 Å². The van der Waals surface area contributed by atoms with Gasteiger partial charge >= 0.3 is 12.4 Å². The van der Waals surface area contributed by atoms with Crippen molar-refractivity contribution in [3.8, 4) is 0 Å². The molecule has 0 saturated carbocycles. The molecule has 2 nitrogen and oxygen atoms in total. The van der Waals surface area contributed by atoms with Gasteiger partial charge in [0.05, 0.1) is 11.1 Å². The van der Waals surface area contributed by atoms with Crippen LogP contribution in [0.15, 0.2) is 18.2 Å². The van der Waals surface area contributed by atoms with Gasteiger partial charge in [-0.3, -0.25) is 4.79 Å². The molecule has 1 amide bonds. The molecule has 0 bridgehead atoms. The van der Waals surface area contributed by atoms with E-state index in [-0.39, 0.29) is 6.07 Å². The molecule has 0 heterocycles.